The summed E-state index contributed by atoms with van der Waals surface area (Å²) in [5, 5.41) is 1.61. The zero-order valence-electron chi connectivity index (χ0n) is 13.1. The number of hydrogen-bond donors (Lipinski definition) is 1. The van der Waals surface area contributed by atoms with Gasteiger partial charge in [0.25, 0.3) is 0 Å². The van der Waals surface area contributed by atoms with Gasteiger partial charge in [0.15, 0.2) is 5.13 Å². The van der Waals surface area contributed by atoms with Crippen molar-refractivity contribution < 1.29 is 0 Å². The van der Waals surface area contributed by atoms with Crippen molar-refractivity contribution in [3.05, 3.63) is 66.5 Å². The summed E-state index contributed by atoms with van der Waals surface area (Å²) in [4.78, 5) is 11.1. The zero-order chi connectivity index (χ0) is 16.5. The van der Waals surface area contributed by atoms with Crippen molar-refractivity contribution in [2.45, 2.75) is 6.92 Å². The standard InChI is InChI=1S/C19H15N3S2/c1-12-17(16-11-21-19(20)23-16)24-18(22-12)15-9-7-14(8-10-15)13-5-3-2-4-6-13/h2-11H,1H3,(H2,20,21). The lowest BCUT2D eigenvalue weighted by Gasteiger charge is -2.02. The first kappa shape index (κ1) is 15.1. The lowest BCUT2D eigenvalue weighted by molar-refractivity contribution is 1.27. The summed E-state index contributed by atoms with van der Waals surface area (Å²) in [5.74, 6) is 0. The van der Waals surface area contributed by atoms with E-state index < -0.39 is 0 Å². The molecule has 5 heteroatoms. The molecule has 0 saturated heterocycles. The third-order valence-electron chi connectivity index (χ3n) is 3.78. The van der Waals surface area contributed by atoms with Gasteiger partial charge >= 0.3 is 0 Å². The van der Waals surface area contributed by atoms with E-state index in [1.165, 1.54) is 22.5 Å². The van der Waals surface area contributed by atoms with Crippen LogP contribution < -0.4 is 5.73 Å². The number of nitrogens with zero attached hydrogens (tertiary/aromatic N) is 2. The number of aryl methyl sites for hydroxylation is 1. The van der Waals surface area contributed by atoms with Crippen LogP contribution in [0.4, 0.5) is 5.13 Å². The van der Waals surface area contributed by atoms with Crippen LogP contribution in [0, 0.1) is 6.92 Å². The maximum Gasteiger partial charge on any atom is 0.180 e. The fourth-order valence-electron chi connectivity index (χ4n) is 2.58. The van der Waals surface area contributed by atoms with E-state index in [2.05, 4.69) is 53.5 Å². The molecule has 24 heavy (non-hydrogen) atoms. The van der Waals surface area contributed by atoms with Crippen LogP contribution in [0.5, 0.6) is 0 Å². The van der Waals surface area contributed by atoms with Gasteiger partial charge in [-0.05, 0) is 18.1 Å². The fraction of sp³-hybridized carbons (Fsp3) is 0.0526. The Bertz CT molecular complexity index is 970. The highest BCUT2D eigenvalue weighted by atomic mass is 32.1. The molecule has 2 N–H and O–H groups in total. The van der Waals surface area contributed by atoms with Crippen LogP contribution in [0.25, 0.3) is 31.5 Å². The highest BCUT2D eigenvalue weighted by Crippen LogP contribution is 2.38. The Morgan fingerprint density at radius 1 is 0.833 bits per heavy atom. The maximum atomic E-state index is 5.75. The Morgan fingerprint density at radius 2 is 1.50 bits per heavy atom. The minimum absolute atomic E-state index is 0.589. The Hall–Kier alpha value is -2.50. The van der Waals surface area contributed by atoms with Gasteiger partial charge in [-0.2, -0.15) is 0 Å². The molecule has 0 unspecified atom stereocenters. The monoisotopic (exact) mass is 349 g/mol. The number of nitrogens with two attached hydrogens (primary N) is 1. The third kappa shape index (κ3) is 2.84. The van der Waals surface area contributed by atoms with Gasteiger partial charge in [-0.25, -0.2) is 9.97 Å². The molecule has 0 radical (unpaired) electrons. The Labute approximate surface area is 148 Å². The molecule has 118 valence electrons. The number of nitrogen functional groups attached to an aromatic ring is 1. The normalized spacial score (nSPS) is 10.9. The van der Waals surface area contributed by atoms with Crippen LogP contribution in [-0.2, 0) is 0 Å². The predicted molar refractivity (Wildman–Crippen MR) is 103 cm³/mol. The van der Waals surface area contributed by atoms with Crippen molar-refractivity contribution in [2.75, 3.05) is 5.73 Å². The van der Waals surface area contributed by atoms with Gasteiger partial charge in [-0.1, -0.05) is 65.9 Å². The van der Waals surface area contributed by atoms with Gasteiger partial charge < -0.3 is 5.73 Å². The lowest BCUT2D eigenvalue weighted by atomic mass is 10.0. The molecule has 4 rings (SSSR count). The molecule has 0 bridgehead atoms. The van der Waals surface area contributed by atoms with Crippen molar-refractivity contribution in [3.63, 3.8) is 0 Å². The molecule has 4 aromatic rings. The van der Waals surface area contributed by atoms with Crippen LogP contribution >= 0.6 is 22.7 Å². The molecule has 0 saturated carbocycles. The van der Waals surface area contributed by atoms with Crippen molar-refractivity contribution in [3.8, 4) is 31.5 Å². The molecule has 0 aliphatic heterocycles. The van der Waals surface area contributed by atoms with E-state index >= 15 is 0 Å². The first-order valence-electron chi connectivity index (χ1n) is 7.55. The summed E-state index contributed by atoms with van der Waals surface area (Å²) in [6.07, 6.45) is 1.82. The van der Waals surface area contributed by atoms with Crippen molar-refractivity contribution in [1.29, 1.82) is 0 Å². The molecule has 0 amide bonds. The van der Waals surface area contributed by atoms with E-state index in [-0.39, 0.29) is 0 Å². The average molecular weight is 349 g/mol. The van der Waals surface area contributed by atoms with Crippen LogP contribution in [0.2, 0.25) is 0 Å². The summed E-state index contributed by atoms with van der Waals surface area (Å²) >= 11 is 3.18. The van der Waals surface area contributed by atoms with Crippen LogP contribution in [-0.4, -0.2) is 9.97 Å². The maximum absolute atomic E-state index is 5.75. The Kier molecular flexibility index (Phi) is 3.88. The van der Waals surface area contributed by atoms with Gasteiger partial charge in [-0.15, -0.1) is 11.3 Å². The summed E-state index contributed by atoms with van der Waals surface area (Å²) < 4.78 is 0. The number of hydrogen-bond acceptors (Lipinski definition) is 5. The minimum atomic E-state index is 0.589. The molecule has 0 aliphatic carbocycles. The second-order valence-electron chi connectivity index (χ2n) is 5.44. The van der Waals surface area contributed by atoms with Crippen molar-refractivity contribution >= 4 is 27.8 Å². The van der Waals surface area contributed by atoms with Crippen LogP contribution in [0.15, 0.2) is 60.8 Å². The molecule has 0 spiro atoms. The molecule has 0 fully saturated rings. The largest absolute Gasteiger partial charge is 0.375 e. The number of rotatable bonds is 3. The van der Waals surface area contributed by atoms with Gasteiger partial charge in [0.2, 0.25) is 0 Å². The van der Waals surface area contributed by atoms with Crippen LogP contribution in [0.1, 0.15) is 5.69 Å². The second-order valence-corrected chi connectivity index (χ2v) is 7.50. The predicted octanol–water partition coefficient (Wildman–Crippen LogP) is 5.49. The van der Waals surface area contributed by atoms with E-state index in [4.69, 9.17) is 10.7 Å². The van der Waals surface area contributed by atoms with Crippen molar-refractivity contribution in [1.82, 2.24) is 9.97 Å². The topological polar surface area (TPSA) is 51.8 Å². The summed E-state index contributed by atoms with van der Waals surface area (Å²) in [5.41, 5.74) is 10.3. The van der Waals surface area contributed by atoms with Gasteiger partial charge in [-0.3, -0.25) is 0 Å². The first-order chi connectivity index (χ1) is 11.7. The molecule has 0 atom stereocenters. The van der Waals surface area contributed by atoms with Gasteiger partial charge in [0.05, 0.1) is 15.4 Å². The van der Waals surface area contributed by atoms with E-state index in [9.17, 15) is 0 Å². The number of aromatic nitrogens is 2. The van der Waals surface area contributed by atoms with E-state index in [0.717, 1.165) is 26.0 Å². The Balaban J connectivity index is 1.67. The molecular formula is C19H15N3S2. The average Bonchev–Trinajstić information content (AvgIpc) is 3.21. The molecule has 0 aliphatic rings. The molecule has 2 aromatic carbocycles. The SMILES string of the molecule is Cc1nc(-c2ccc(-c3ccccc3)cc2)sc1-c1cnc(N)s1. The lowest BCUT2D eigenvalue weighted by Crippen LogP contribution is -1.80. The smallest absolute Gasteiger partial charge is 0.180 e. The Morgan fingerprint density at radius 3 is 2.17 bits per heavy atom. The zero-order valence-corrected chi connectivity index (χ0v) is 14.7. The quantitative estimate of drug-likeness (QED) is 0.532. The van der Waals surface area contributed by atoms with Gasteiger partial charge in [0, 0.05) is 11.8 Å². The van der Waals surface area contributed by atoms with E-state index in [1.54, 1.807) is 11.3 Å². The molecule has 3 nitrogen and oxygen atoms in total. The number of benzene rings is 2. The fourth-order valence-corrected chi connectivity index (χ4v) is 4.48. The summed E-state index contributed by atoms with van der Waals surface area (Å²) in [6, 6.07) is 18.9. The minimum Gasteiger partial charge on any atom is -0.375 e. The first-order valence-corrected chi connectivity index (χ1v) is 9.19. The molecular weight excluding hydrogens is 334 g/mol. The third-order valence-corrected chi connectivity index (χ3v) is 6.00. The molecule has 2 aromatic heterocycles. The second kappa shape index (κ2) is 6.19. The van der Waals surface area contributed by atoms with Crippen molar-refractivity contribution in [2.24, 2.45) is 0 Å². The highest BCUT2D eigenvalue weighted by molar-refractivity contribution is 7.25. The number of anilines is 1. The highest BCUT2D eigenvalue weighted by Gasteiger charge is 2.13. The summed E-state index contributed by atoms with van der Waals surface area (Å²) in [7, 11) is 0. The number of thiazole rings is 2. The summed E-state index contributed by atoms with van der Waals surface area (Å²) in [6.45, 7) is 2.03. The van der Waals surface area contributed by atoms with Crippen LogP contribution in [0.3, 0.4) is 0 Å². The van der Waals surface area contributed by atoms with E-state index in [1.807, 2.05) is 19.2 Å². The van der Waals surface area contributed by atoms with Gasteiger partial charge in [0.1, 0.15) is 5.01 Å². The van der Waals surface area contributed by atoms with E-state index in [0.29, 0.717) is 5.13 Å². The molecule has 2 heterocycles.